The smallest absolute Gasteiger partial charge is 0.0308 e. The highest BCUT2D eigenvalue weighted by Gasteiger charge is 2.36. The van der Waals surface area contributed by atoms with E-state index in [9.17, 15) is 0 Å². The third-order valence-electron chi connectivity index (χ3n) is 5.55. The van der Waals surface area contributed by atoms with Crippen LogP contribution in [0.4, 0.5) is 0 Å². The van der Waals surface area contributed by atoms with Crippen LogP contribution in [0.5, 0.6) is 0 Å². The third kappa shape index (κ3) is 4.73. The molecule has 0 bridgehead atoms. The Labute approximate surface area is 126 Å². The molecule has 0 radical (unpaired) electrons. The Kier molecular flexibility index (Phi) is 6.83. The van der Waals surface area contributed by atoms with Crippen molar-refractivity contribution in [3.8, 4) is 0 Å². The van der Waals surface area contributed by atoms with Crippen molar-refractivity contribution in [3.63, 3.8) is 0 Å². The highest BCUT2D eigenvalue weighted by Crippen LogP contribution is 2.31. The predicted octanol–water partition coefficient (Wildman–Crippen LogP) is 4.34. The molecule has 0 aromatic carbocycles. The molecule has 0 aromatic rings. The van der Waals surface area contributed by atoms with Crippen molar-refractivity contribution in [3.05, 3.63) is 0 Å². The van der Waals surface area contributed by atoms with E-state index in [-0.39, 0.29) is 0 Å². The molecule has 1 aliphatic heterocycles. The molecule has 2 nitrogen and oxygen atoms in total. The molecule has 0 aromatic heterocycles. The lowest BCUT2D eigenvalue weighted by Gasteiger charge is -2.41. The molecule has 1 aliphatic carbocycles. The van der Waals surface area contributed by atoms with Gasteiger partial charge < -0.3 is 5.32 Å². The summed E-state index contributed by atoms with van der Waals surface area (Å²) < 4.78 is 0. The number of unbranched alkanes of at least 4 members (excludes halogenated alkanes) is 4. The number of hydrogen-bond acceptors (Lipinski definition) is 2. The molecule has 1 unspecified atom stereocenters. The fourth-order valence-corrected chi connectivity index (χ4v) is 4.11. The van der Waals surface area contributed by atoms with Gasteiger partial charge in [0.1, 0.15) is 0 Å². The van der Waals surface area contributed by atoms with Crippen LogP contribution >= 0.6 is 0 Å². The minimum atomic E-state index is 0.465. The molecule has 1 N–H and O–H groups in total. The summed E-state index contributed by atoms with van der Waals surface area (Å²) in [6.07, 6.45) is 15.5. The Bertz CT molecular complexity index is 258. The molecule has 1 saturated heterocycles. The van der Waals surface area contributed by atoms with E-state index in [0.717, 1.165) is 6.04 Å². The largest absolute Gasteiger partial charge is 0.310 e. The number of hydrogen-bond donors (Lipinski definition) is 1. The van der Waals surface area contributed by atoms with E-state index < -0.39 is 0 Å². The van der Waals surface area contributed by atoms with E-state index >= 15 is 0 Å². The summed E-state index contributed by atoms with van der Waals surface area (Å²) in [6, 6.07) is 0.773. The molecular formula is C18H36N2. The van der Waals surface area contributed by atoms with E-state index in [1.54, 1.807) is 0 Å². The van der Waals surface area contributed by atoms with Crippen molar-refractivity contribution in [1.82, 2.24) is 10.2 Å². The normalized spacial score (nSPS) is 27.6. The van der Waals surface area contributed by atoms with Crippen molar-refractivity contribution in [1.29, 1.82) is 0 Å². The van der Waals surface area contributed by atoms with Gasteiger partial charge in [0.2, 0.25) is 0 Å². The van der Waals surface area contributed by atoms with Gasteiger partial charge in [0.05, 0.1) is 0 Å². The van der Waals surface area contributed by atoms with Crippen LogP contribution in [0.15, 0.2) is 0 Å². The quantitative estimate of drug-likeness (QED) is 0.728. The van der Waals surface area contributed by atoms with Gasteiger partial charge in [-0.1, -0.05) is 51.9 Å². The van der Waals surface area contributed by atoms with Gasteiger partial charge in [0.15, 0.2) is 0 Å². The van der Waals surface area contributed by atoms with Crippen LogP contribution < -0.4 is 5.32 Å². The summed E-state index contributed by atoms with van der Waals surface area (Å²) in [6.45, 7) is 8.61. The molecule has 2 rings (SSSR count). The van der Waals surface area contributed by atoms with Gasteiger partial charge in [-0.15, -0.1) is 0 Å². The standard InChI is InChI=1S/C18H36N2/c1-3-4-5-6-10-15-20-16-18(12-8-7-9-13-18)19-14-11-17(20)2/h17,19H,3-16H2,1-2H3. The zero-order chi connectivity index (χ0) is 14.3. The highest BCUT2D eigenvalue weighted by atomic mass is 15.2. The second kappa shape index (κ2) is 8.38. The second-order valence-corrected chi connectivity index (χ2v) is 7.29. The van der Waals surface area contributed by atoms with Crippen molar-refractivity contribution in [2.75, 3.05) is 19.6 Å². The predicted molar refractivity (Wildman–Crippen MR) is 88.2 cm³/mol. The lowest BCUT2D eigenvalue weighted by molar-refractivity contribution is 0.135. The Hall–Kier alpha value is -0.0800. The molecular weight excluding hydrogens is 244 g/mol. The maximum absolute atomic E-state index is 3.93. The summed E-state index contributed by atoms with van der Waals surface area (Å²) in [5.41, 5.74) is 0.465. The molecule has 1 spiro atoms. The summed E-state index contributed by atoms with van der Waals surface area (Å²) >= 11 is 0. The van der Waals surface area contributed by atoms with Gasteiger partial charge in [-0.3, -0.25) is 4.90 Å². The first-order valence-corrected chi connectivity index (χ1v) is 9.25. The van der Waals surface area contributed by atoms with Crippen molar-refractivity contribution in [2.45, 2.75) is 96.1 Å². The Morgan fingerprint density at radius 3 is 2.55 bits per heavy atom. The molecule has 0 amide bonds. The zero-order valence-corrected chi connectivity index (χ0v) is 13.9. The van der Waals surface area contributed by atoms with Gasteiger partial charge in [0, 0.05) is 18.1 Å². The topological polar surface area (TPSA) is 15.3 Å². The minimum Gasteiger partial charge on any atom is -0.310 e. The minimum absolute atomic E-state index is 0.465. The van der Waals surface area contributed by atoms with Crippen LogP contribution in [0.1, 0.15) is 84.5 Å². The van der Waals surface area contributed by atoms with Crippen molar-refractivity contribution >= 4 is 0 Å². The molecule has 2 heteroatoms. The van der Waals surface area contributed by atoms with E-state index in [2.05, 4.69) is 24.1 Å². The summed E-state index contributed by atoms with van der Waals surface area (Å²) in [4.78, 5) is 2.80. The van der Waals surface area contributed by atoms with Crippen molar-refractivity contribution in [2.24, 2.45) is 0 Å². The van der Waals surface area contributed by atoms with Crippen LogP contribution in [0.25, 0.3) is 0 Å². The number of rotatable bonds is 6. The molecule has 2 fully saturated rings. The molecule has 118 valence electrons. The molecule has 1 saturated carbocycles. The SMILES string of the molecule is CCCCCCCN1CC2(CCCCC2)NCCC1C. The molecule has 2 aliphatic rings. The Morgan fingerprint density at radius 1 is 1.05 bits per heavy atom. The number of nitrogens with zero attached hydrogens (tertiary/aromatic N) is 1. The summed E-state index contributed by atoms with van der Waals surface area (Å²) in [5.74, 6) is 0. The average molecular weight is 280 g/mol. The number of nitrogens with one attached hydrogen (secondary N) is 1. The first-order valence-electron chi connectivity index (χ1n) is 9.25. The zero-order valence-electron chi connectivity index (χ0n) is 13.9. The highest BCUT2D eigenvalue weighted by molar-refractivity contribution is 4.96. The molecule has 20 heavy (non-hydrogen) atoms. The van der Waals surface area contributed by atoms with Crippen LogP contribution in [0.3, 0.4) is 0 Å². The van der Waals surface area contributed by atoms with E-state index in [0.29, 0.717) is 5.54 Å². The van der Waals surface area contributed by atoms with Crippen LogP contribution in [-0.2, 0) is 0 Å². The van der Waals surface area contributed by atoms with Crippen molar-refractivity contribution < 1.29 is 0 Å². The third-order valence-corrected chi connectivity index (χ3v) is 5.55. The lowest BCUT2D eigenvalue weighted by Crippen LogP contribution is -2.53. The Balaban J connectivity index is 1.81. The first-order chi connectivity index (χ1) is 9.76. The van der Waals surface area contributed by atoms with Gasteiger partial charge in [0.25, 0.3) is 0 Å². The van der Waals surface area contributed by atoms with Crippen LogP contribution in [0, 0.1) is 0 Å². The maximum atomic E-state index is 3.93. The van der Waals surface area contributed by atoms with Gasteiger partial charge in [-0.2, -0.15) is 0 Å². The van der Waals surface area contributed by atoms with Gasteiger partial charge >= 0.3 is 0 Å². The fourth-order valence-electron chi connectivity index (χ4n) is 4.11. The lowest BCUT2D eigenvalue weighted by atomic mass is 9.81. The van der Waals surface area contributed by atoms with Crippen LogP contribution in [-0.4, -0.2) is 36.1 Å². The van der Waals surface area contributed by atoms with E-state index in [4.69, 9.17) is 0 Å². The molecule has 1 heterocycles. The summed E-state index contributed by atoms with van der Waals surface area (Å²) in [7, 11) is 0. The van der Waals surface area contributed by atoms with Crippen LogP contribution in [0.2, 0.25) is 0 Å². The Morgan fingerprint density at radius 2 is 1.80 bits per heavy atom. The van der Waals surface area contributed by atoms with Gasteiger partial charge in [-0.25, -0.2) is 0 Å². The monoisotopic (exact) mass is 280 g/mol. The molecule has 1 atom stereocenters. The van der Waals surface area contributed by atoms with Gasteiger partial charge in [-0.05, 0) is 45.7 Å². The maximum Gasteiger partial charge on any atom is 0.0308 e. The second-order valence-electron chi connectivity index (χ2n) is 7.29. The van der Waals surface area contributed by atoms with E-state index in [1.165, 1.54) is 90.3 Å². The summed E-state index contributed by atoms with van der Waals surface area (Å²) in [5, 5.41) is 3.93. The fraction of sp³-hybridized carbons (Fsp3) is 1.00. The van der Waals surface area contributed by atoms with E-state index in [1.807, 2.05) is 0 Å². The first kappa shape index (κ1) is 16.3. The average Bonchev–Trinajstić information content (AvgIpc) is 2.60.